The number of hydrogen-bond acceptors (Lipinski definition) is 3. The van der Waals surface area contributed by atoms with E-state index >= 15 is 0 Å². The van der Waals surface area contributed by atoms with Gasteiger partial charge in [-0.3, -0.25) is 4.98 Å². The molecule has 0 radical (unpaired) electrons. The van der Waals surface area contributed by atoms with Crippen LogP contribution < -0.4 is 4.74 Å². The molecule has 0 unspecified atom stereocenters. The molecule has 2 aromatic rings. The first-order valence-corrected chi connectivity index (χ1v) is 7.36. The van der Waals surface area contributed by atoms with Gasteiger partial charge in [-0.05, 0) is 38.3 Å². The molecule has 0 amide bonds. The number of fused-ring (bicyclic) bond motifs is 1. The summed E-state index contributed by atoms with van der Waals surface area (Å²) >= 11 is 0. The van der Waals surface area contributed by atoms with E-state index in [1.54, 1.807) is 0 Å². The molecule has 104 valence electrons. The van der Waals surface area contributed by atoms with Crippen molar-refractivity contribution in [3.8, 4) is 17.1 Å². The van der Waals surface area contributed by atoms with E-state index in [-0.39, 0.29) is 0 Å². The van der Waals surface area contributed by atoms with Crippen LogP contribution in [0.2, 0.25) is 0 Å². The summed E-state index contributed by atoms with van der Waals surface area (Å²) in [6, 6.07) is 4.19. The molecule has 1 saturated carbocycles. The lowest BCUT2D eigenvalue weighted by Crippen LogP contribution is -2.27. The number of nitrogens with zero attached hydrogens (tertiary/aromatic N) is 3. The Morgan fingerprint density at radius 1 is 1.35 bits per heavy atom. The SMILES string of the molecule is CCc1ccc(-c2nn3c(c2C)OCC2(CC2)C3)cn1. The van der Waals surface area contributed by atoms with Crippen molar-refractivity contribution >= 4 is 0 Å². The van der Waals surface area contributed by atoms with Crippen molar-refractivity contribution in [3.63, 3.8) is 0 Å². The fraction of sp³-hybridized carbons (Fsp3) is 0.500. The summed E-state index contributed by atoms with van der Waals surface area (Å²) in [5.41, 5.74) is 4.71. The molecule has 4 nitrogen and oxygen atoms in total. The van der Waals surface area contributed by atoms with Gasteiger partial charge < -0.3 is 4.74 Å². The zero-order valence-electron chi connectivity index (χ0n) is 12.0. The Labute approximate surface area is 118 Å². The third kappa shape index (κ3) is 1.74. The fourth-order valence-electron chi connectivity index (χ4n) is 2.94. The quantitative estimate of drug-likeness (QED) is 0.841. The van der Waals surface area contributed by atoms with Crippen LogP contribution in [-0.2, 0) is 13.0 Å². The predicted molar refractivity (Wildman–Crippen MR) is 76.7 cm³/mol. The number of aromatic nitrogens is 3. The summed E-state index contributed by atoms with van der Waals surface area (Å²) in [6.45, 7) is 6.06. The van der Waals surface area contributed by atoms with Crippen LogP contribution in [0.3, 0.4) is 0 Å². The highest BCUT2D eigenvalue weighted by Gasteiger charge is 2.47. The summed E-state index contributed by atoms with van der Waals surface area (Å²) in [4.78, 5) is 4.47. The number of aryl methyl sites for hydroxylation is 1. The highest BCUT2D eigenvalue weighted by atomic mass is 16.5. The zero-order chi connectivity index (χ0) is 13.7. The number of pyridine rings is 1. The highest BCUT2D eigenvalue weighted by molar-refractivity contribution is 5.64. The minimum Gasteiger partial charge on any atom is -0.477 e. The summed E-state index contributed by atoms with van der Waals surface area (Å²) in [5, 5.41) is 4.76. The molecule has 20 heavy (non-hydrogen) atoms. The average Bonchev–Trinajstić information content (AvgIpc) is 3.15. The number of rotatable bonds is 2. The second kappa shape index (κ2) is 4.08. The molecule has 3 heterocycles. The summed E-state index contributed by atoms with van der Waals surface area (Å²) < 4.78 is 8.01. The van der Waals surface area contributed by atoms with E-state index in [0.717, 1.165) is 48.0 Å². The first-order valence-electron chi connectivity index (χ1n) is 7.36. The second-order valence-electron chi connectivity index (χ2n) is 6.12. The molecule has 1 aliphatic carbocycles. The topological polar surface area (TPSA) is 39.9 Å². The molecule has 4 heteroatoms. The van der Waals surface area contributed by atoms with E-state index in [1.165, 1.54) is 12.8 Å². The maximum atomic E-state index is 5.96. The zero-order valence-corrected chi connectivity index (χ0v) is 12.0. The maximum Gasteiger partial charge on any atom is 0.215 e. The van der Waals surface area contributed by atoms with E-state index in [0.29, 0.717) is 5.41 Å². The highest BCUT2D eigenvalue weighted by Crippen LogP contribution is 2.50. The van der Waals surface area contributed by atoms with Crippen LogP contribution >= 0.6 is 0 Å². The van der Waals surface area contributed by atoms with E-state index in [2.05, 4.69) is 35.6 Å². The normalized spacial score (nSPS) is 18.7. The van der Waals surface area contributed by atoms with Crippen LogP contribution in [0.25, 0.3) is 11.3 Å². The molecule has 0 saturated heterocycles. The molecule has 2 aromatic heterocycles. The first kappa shape index (κ1) is 11.9. The van der Waals surface area contributed by atoms with E-state index in [1.807, 2.05) is 6.20 Å². The van der Waals surface area contributed by atoms with Gasteiger partial charge in [0.1, 0.15) is 5.69 Å². The molecule has 2 aliphatic rings. The molecule has 0 aromatic carbocycles. The number of hydrogen-bond donors (Lipinski definition) is 0. The minimum absolute atomic E-state index is 0.382. The molecular formula is C16H19N3O. The lowest BCUT2D eigenvalue weighted by molar-refractivity contribution is 0.148. The smallest absolute Gasteiger partial charge is 0.215 e. The van der Waals surface area contributed by atoms with E-state index in [9.17, 15) is 0 Å². The lowest BCUT2D eigenvalue weighted by atomic mass is 10.1. The van der Waals surface area contributed by atoms with E-state index in [4.69, 9.17) is 9.84 Å². The minimum atomic E-state index is 0.382. The molecule has 1 aliphatic heterocycles. The van der Waals surface area contributed by atoms with E-state index < -0.39 is 0 Å². The monoisotopic (exact) mass is 269 g/mol. The summed E-state index contributed by atoms with van der Waals surface area (Å²) in [5.74, 6) is 0.942. The standard InChI is InChI=1S/C16H19N3O/c1-3-13-5-4-12(8-17-13)14-11(2)15-19(18-14)9-16(6-7-16)10-20-15/h4-5,8H,3,6-7,9-10H2,1-2H3. The van der Waals surface area contributed by atoms with Gasteiger partial charge >= 0.3 is 0 Å². The Balaban J connectivity index is 1.73. The Morgan fingerprint density at radius 2 is 2.20 bits per heavy atom. The third-order valence-electron chi connectivity index (χ3n) is 4.55. The Kier molecular flexibility index (Phi) is 2.43. The first-order chi connectivity index (χ1) is 9.71. The van der Waals surface area contributed by atoms with Gasteiger partial charge in [0.25, 0.3) is 0 Å². The Bertz CT molecular complexity index is 653. The molecule has 0 atom stereocenters. The van der Waals surface area contributed by atoms with Crippen LogP contribution in [-0.4, -0.2) is 21.4 Å². The van der Waals surface area contributed by atoms with Crippen molar-refractivity contribution in [1.29, 1.82) is 0 Å². The summed E-state index contributed by atoms with van der Waals surface area (Å²) in [6.07, 6.45) is 5.43. The molecule has 4 rings (SSSR count). The number of ether oxygens (including phenoxy) is 1. The average molecular weight is 269 g/mol. The molecule has 1 spiro atoms. The third-order valence-corrected chi connectivity index (χ3v) is 4.55. The van der Waals surface area contributed by atoms with Gasteiger partial charge in [-0.1, -0.05) is 6.92 Å². The van der Waals surface area contributed by atoms with Crippen molar-refractivity contribution in [2.24, 2.45) is 5.41 Å². The van der Waals surface area contributed by atoms with Crippen LogP contribution in [0.5, 0.6) is 5.88 Å². The Morgan fingerprint density at radius 3 is 2.85 bits per heavy atom. The molecule has 0 bridgehead atoms. The predicted octanol–water partition coefficient (Wildman–Crippen LogP) is 2.99. The molecule has 1 fully saturated rings. The van der Waals surface area contributed by atoms with Gasteiger partial charge in [0.2, 0.25) is 5.88 Å². The second-order valence-corrected chi connectivity index (χ2v) is 6.12. The van der Waals surface area contributed by atoms with Crippen molar-refractivity contribution in [2.45, 2.75) is 39.7 Å². The van der Waals surface area contributed by atoms with Crippen molar-refractivity contribution < 1.29 is 4.74 Å². The van der Waals surface area contributed by atoms with Crippen molar-refractivity contribution in [1.82, 2.24) is 14.8 Å². The molecular weight excluding hydrogens is 250 g/mol. The van der Waals surface area contributed by atoms with Crippen molar-refractivity contribution in [2.75, 3.05) is 6.61 Å². The Hall–Kier alpha value is -1.84. The van der Waals surface area contributed by atoms with Crippen LogP contribution in [0.4, 0.5) is 0 Å². The van der Waals surface area contributed by atoms with Crippen LogP contribution in [0, 0.1) is 12.3 Å². The van der Waals surface area contributed by atoms with Gasteiger partial charge in [-0.2, -0.15) is 5.10 Å². The molecule has 0 N–H and O–H groups in total. The van der Waals surface area contributed by atoms with Crippen LogP contribution in [0.15, 0.2) is 18.3 Å². The largest absolute Gasteiger partial charge is 0.477 e. The fourth-order valence-corrected chi connectivity index (χ4v) is 2.94. The van der Waals surface area contributed by atoms with Gasteiger partial charge in [-0.15, -0.1) is 0 Å². The van der Waals surface area contributed by atoms with Crippen LogP contribution in [0.1, 0.15) is 31.0 Å². The van der Waals surface area contributed by atoms with Gasteiger partial charge in [0, 0.05) is 28.4 Å². The van der Waals surface area contributed by atoms with Gasteiger partial charge in [0.15, 0.2) is 0 Å². The lowest BCUT2D eigenvalue weighted by Gasteiger charge is -2.23. The van der Waals surface area contributed by atoms with Crippen molar-refractivity contribution in [3.05, 3.63) is 29.6 Å². The summed E-state index contributed by atoms with van der Waals surface area (Å²) in [7, 11) is 0. The van der Waals surface area contributed by atoms with Gasteiger partial charge in [0.05, 0.1) is 13.2 Å². The maximum absolute atomic E-state index is 5.96. The van der Waals surface area contributed by atoms with Gasteiger partial charge in [-0.25, -0.2) is 4.68 Å².